The van der Waals surface area contributed by atoms with Crippen molar-refractivity contribution in [2.24, 2.45) is 0 Å². The number of benzene rings is 10. The summed E-state index contributed by atoms with van der Waals surface area (Å²) in [6, 6.07) is 78.3. The minimum Gasteiger partial charge on any atom is -0.457 e. The molecule has 10 aromatic carbocycles. The standard InChI is InChI=1S/C68H50N2O8P2/c1-43(45-21-5-3-6-22-45)69(79-75-59-37-17-33-55-63(59)67(47-25-9-13-29-51(47)71-55)48-26-10-14-30-52(48)72-56-34-18-38-60(76-79)64(56)67)41-42-70(44(2)46-23-7-4-8-24-46)80-77-61-39-19-35-57-65(61)68(49-27-11-15-31-53(49)73-57)50-28-12-16-32-54(50)74-58-36-20-40-62(78-80)66(58)68/h3-40,43-44H,41-42H2,1-2H3/t43-,44+,67?,68?. The summed E-state index contributed by atoms with van der Waals surface area (Å²) >= 11 is 0. The molecule has 6 aliphatic heterocycles. The predicted octanol–water partition coefficient (Wildman–Crippen LogP) is 17.7. The van der Waals surface area contributed by atoms with Gasteiger partial charge in [0, 0.05) is 47.4 Å². The van der Waals surface area contributed by atoms with Gasteiger partial charge in [-0.2, -0.15) is 0 Å². The van der Waals surface area contributed by atoms with Gasteiger partial charge in [-0.3, -0.25) is 0 Å². The molecule has 6 heterocycles. The third-order valence-electron chi connectivity index (χ3n) is 16.6. The van der Waals surface area contributed by atoms with E-state index in [-0.39, 0.29) is 12.1 Å². The Bertz CT molecular complexity index is 3630. The molecule has 6 aliphatic rings. The average molecular weight is 1090 g/mol. The molecule has 390 valence electrons. The Morgan fingerprint density at radius 2 is 0.525 bits per heavy atom. The van der Waals surface area contributed by atoms with Crippen LogP contribution in [0, 0.1) is 0 Å². The van der Waals surface area contributed by atoms with E-state index < -0.39 is 27.9 Å². The zero-order valence-corrected chi connectivity index (χ0v) is 45.4. The van der Waals surface area contributed by atoms with Crippen LogP contribution in [0.5, 0.6) is 69.0 Å². The van der Waals surface area contributed by atoms with E-state index in [0.29, 0.717) is 59.1 Å². The number of hydrogen-bond acceptors (Lipinski definition) is 10. The van der Waals surface area contributed by atoms with E-state index in [1.54, 1.807) is 0 Å². The monoisotopic (exact) mass is 1080 g/mol. The lowest BCUT2D eigenvalue weighted by Gasteiger charge is -2.48. The summed E-state index contributed by atoms with van der Waals surface area (Å²) in [6.45, 7) is 5.37. The topological polar surface area (TPSA) is 80.3 Å². The SMILES string of the molecule is C[C@H](c1ccccc1)N(CCN([C@@H](C)c1ccccc1)P1Oc2cccc3c2C2(c4ccccc4O3)c3ccccc3Oc3cccc(c32)O1)P1Oc2cccc3c2C2(c4ccccc4O3)c3ccccc3Oc3cccc(c32)O1. The third kappa shape index (κ3) is 6.93. The fraction of sp³-hybridized carbons (Fsp3) is 0.118. The maximum atomic E-state index is 7.61. The van der Waals surface area contributed by atoms with E-state index in [1.165, 1.54) is 0 Å². The largest absolute Gasteiger partial charge is 0.457 e. The van der Waals surface area contributed by atoms with Gasteiger partial charge in [-0.15, -0.1) is 0 Å². The molecule has 0 amide bonds. The molecule has 0 saturated carbocycles. The summed E-state index contributed by atoms with van der Waals surface area (Å²) in [5, 5.41) is 0. The number of ether oxygens (including phenoxy) is 4. The minimum atomic E-state index is -1.97. The van der Waals surface area contributed by atoms with Crippen molar-refractivity contribution in [1.82, 2.24) is 9.34 Å². The van der Waals surface area contributed by atoms with Crippen LogP contribution in [-0.2, 0) is 10.8 Å². The molecule has 0 fully saturated rings. The van der Waals surface area contributed by atoms with Gasteiger partial charge in [-0.25, -0.2) is 9.34 Å². The molecule has 80 heavy (non-hydrogen) atoms. The van der Waals surface area contributed by atoms with Crippen molar-refractivity contribution in [3.8, 4) is 69.0 Å². The summed E-state index contributed by atoms with van der Waals surface area (Å²) in [7, 11) is -3.93. The quantitative estimate of drug-likeness (QED) is 0.130. The molecule has 0 aliphatic carbocycles. The van der Waals surface area contributed by atoms with Gasteiger partial charge in [0.1, 0.15) is 69.0 Å². The van der Waals surface area contributed by atoms with Crippen molar-refractivity contribution >= 4 is 17.1 Å². The summed E-state index contributed by atoms with van der Waals surface area (Å²) in [4.78, 5) is 0. The molecule has 0 unspecified atom stereocenters. The van der Waals surface area contributed by atoms with Gasteiger partial charge in [0.25, 0.3) is 0 Å². The van der Waals surface area contributed by atoms with E-state index >= 15 is 0 Å². The van der Waals surface area contributed by atoms with Crippen molar-refractivity contribution in [1.29, 1.82) is 0 Å². The number of para-hydroxylation sites is 4. The highest BCUT2D eigenvalue weighted by molar-refractivity contribution is 7.46. The Kier molecular flexibility index (Phi) is 10.9. The number of nitrogens with zero attached hydrogens (tertiary/aromatic N) is 2. The van der Waals surface area contributed by atoms with Crippen LogP contribution < -0.4 is 37.0 Å². The van der Waals surface area contributed by atoms with E-state index in [9.17, 15) is 0 Å². The van der Waals surface area contributed by atoms with Crippen LogP contribution >= 0.6 is 17.1 Å². The van der Waals surface area contributed by atoms with Crippen molar-refractivity contribution in [3.05, 3.63) is 286 Å². The number of fused-ring (bicyclic) bond motifs is 4. The second kappa shape index (κ2) is 18.5. The van der Waals surface area contributed by atoms with Crippen LogP contribution in [0.4, 0.5) is 0 Å². The van der Waals surface area contributed by atoms with Crippen molar-refractivity contribution < 1.29 is 37.0 Å². The first-order valence-corrected chi connectivity index (χ1v) is 29.3. The summed E-state index contributed by atoms with van der Waals surface area (Å²) in [5.74, 6) is 8.53. The summed E-state index contributed by atoms with van der Waals surface area (Å²) in [5.41, 5.74) is 7.90. The van der Waals surface area contributed by atoms with E-state index in [0.717, 1.165) is 78.6 Å². The highest BCUT2D eigenvalue weighted by Crippen LogP contribution is 2.70. The van der Waals surface area contributed by atoms with E-state index in [1.807, 2.05) is 97.1 Å². The van der Waals surface area contributed by atoms with Gasteiger partial charge >= 0.3 is 17.1 Å². The van der Waals surface area contributed by atoms with Crippen LogP contribution in [0.15, 0.2) is 231 Å². The van der Waals surface area contributed by atoms with Crippen LogP contribution in [0.2, 0.25) is 0 Å². The highest BCUT2D eigenvalue weighted by atomic mass is 31.2. The maximum absolute atomic E-state index is 7.61. The fourth-order valence-corrected chi connectivity index (χ4v) is 16.3. The molecular formula is C68H50N2O8P2. The Hall–Kier alpha value is -8.62. The van der Waals surface area contributed by atoms with Crippen LogP contribution in [-0.4, -0.2) is 22.4 Å². The van der Waals surface area contributed by atoms with E-state index in [4.69, 9.17) is 37.0 Å². The fourth-order valence-electron chi connectivity index (χ4n) is 13.1. The van der Waals surface area contributed by atoms with E-state index in [2.05, 4.69) is 157 Å². The van der Waals surface area contributed by atoms with Crippen molar-refractivity contribution in [2.75, 3.05) is 13.1 Å². The molecular weight excluding hydrogens is 1030 g/mol. The summed E-state index contributed by atoms with van der Waals surface area (Å²) < 4.78 is 62.8. The number of hydrogen-bond donors (Lipinski definition) is 0. The molecule has 0 saturated heterocycles. The zero-order valence-electron chi connectivity index (χ0n) is 43.6. The first-order valence-electron chi connectivity index (χ1n) is 27.1. The molecule has 2 spiro atoms. The van der Waals surface area contributed by atoms with Crippen molar-refractivity contribution in [3.63, 3.8) is 0 Å². The predicted molar refractivity (Wildman–Crippen MR) is 309 cm³/mol. The maximum Gasteiger partial charge on any atom is 0.385 e. The van der Waals surface area contributed by atoms with Crippen LogP contribution in [0.1, 0.15) is 81.6 Å². The van der Waals surface area contributed by atoms with Gasteiger partial charge < -0.3 is 37.0 Å². The molecule has 0 radical (unpaired) electrons. The molecule has 16 rings (SSSR count). The van der Waals surface area contributed by atoms with Crippen LogP contribution in [0.3, 0.4) is 0 Å². The molecule has 2 atom stereocenters. The Labute approximate surface area is 466 Å². The number of rotatable bonds is 9. The molecule has 10 nitrogen and oxygen atoms in total. The Morgan fingerprint density at radius 3 is 0.812 bits per heavy atom. The second-order valence-electron chi connectivity index (χ2n) is 20.8. The van der Waals surface area contributed by atoms with Crippen molar-refractivity contribution in [2.45, 2.75) is 36.8 Å². The van der Waals surface area contributed by atoms with Crippen LogP contribution in [0.25, 0.3) is 0 Å². The Balaban J connectivity index is 0.856. The zero-order chi connectivity index (χ0) is 53.1. The average Bonchev–Trinajstić information content (AvgIpc) is 3.57. The smallest absolute Gasteiger partial charge is 0.385 e. The van der Waals surface area contributed by atoms with Gasteiger partial charge in [0.05, 0.1) is 33.1 Å². The lowest BCUT2D eigenvalue weighted by atomic mass is 9.62. The first kappa shape index (κ1) is 47.4. The lowest BCUT2D eigenvalue weighted by Crippen LogP contribution is -2.40. The van der Waals surface area contributed by atoms with Gasteiger partial charge in [0.15, 0.2) is 0 Å². The first-order chi connectivity index (χ1) is 39.5. The Morgan fingerprint density at radius 1 is 0.287 bits per heavy atom. The van der Waals surface area contributed by atoms with Gasteiger partial charge in [-0.05, 0) is 97.8 Å². The highest BCUT2D eigenvalue weighted by Gasteiger charge is 2.58. The van der Waals surface area contributed by atoms with Gasteiger partial charge in [0.2, 0.25) is 0 Å². The van der Waals surface area contributed by atoms with Gasteiger partial charge in [-0.1, -0.05) is 158 Å². The molecule has 10 aromatic rings. The minimum absolute atomic E-state index is 0.210. The normalized spacial score (nSPS) is 17.2. The molecule has 0 bridgehead atoms. The second-order valence-corrected chi connectivity index (χ2v) is 23.5. The third-order valence-corrected chi connectivity index (χ3v) is 20.0. The molecule has 0 N–H and O–H groups in total. The lowest BCUT2D eigenvalue weighted by molar-refractivity contribution is 0.238. The summed E-state index contributed by atoms with van der Waals surface area (Å²) in [6.07, 6.45) is 0. The molecule has 12 heteroatoms. The molecule has 0 aromatic heterocycles.